The van der Waals surface area contributed by atoms with Crippen LogP contribution in [0, 0.1) is 0 Å². The number of carbonyl (C=O) groups is 1. The molecule has 5 heteroatoms. The number of hydrogen-bond acceptors (Lipinski definition) is 4. The molecule has 0 radical (unpaired) electrons. The van der Waals surface area contributed by atoms with Gasteiger partial charge in [0, 0.05) is 6.20 Å². The lowest BCUT2D eigenvalue weighted by molar-refractivity contribution is -0.144. The first-order chi connectivity index (χ1) is 6.22. The van der Waals surface area contributed by atoms with Crippen molar-refractivity contribution in [3.05, 3.63) is 12.4 Å². The zero-order valence-corrected chi connectivity index (χ0v) is 7.56. The number of nitrogens with zero attached hydrogens (tertiary/aromatic N) is 2. The summed E-state index contributed by atoms with van der Waals surface area (Å²) in [6, 6.07) is 0. The van der Waals surface area contributed by atoms with Gasteiger partial charge in [0.2, 0.25) is 0 Å². The molecule has 0 spiro atoms. The second-order valence-corrected chi connectivity index (χ2v) is 2.69. The fourth-order valence-corrected chi connectivity index (χ4v) is 0.860. The highest BCUT2D eigenvalue weighted by molar-refractivity contribution is 5.69. The molecule has 72 valence electrons. The van der Waals surface area contributed by atoms with Crippen LogP contribution < -0.4 is 5.73 Å². The molecule has 13 heavy (non-hydrogen) atoms. The second kappa shape index (κ2) is 4.49. The Bertz CT molecular complexity index is 283. The lowest BCUT2D eigenvalue weighted by atomic mass is 10.5. The average Bonchev–Trinajstić information content (AvgIpc) is 2.48. The maximum atomic E-state index is 11.1. The van der Waals surface area contributed by atoms with E-state index < -0.39 is 0 Å². The Morgan fingerprint density at radius 3 is 3.08 bits per heavy atom. The number of nitrogen functional groups attached to an aromatic ring is 1. The Hall–Kier alpha value is -1.52. The molecular weight excluding hydrogens is 170 g/mol. The molecule has 0 amide bonds. The van der Waals surface area contributed by atoms with Gasteiger partial charge in [0.25, 0.3) is 0 Å². The Balaban J connectivity index is 2.36. The molecule has 0 aliphatic rings. The number of ether oxygens (including phenoxy) is 1. The molecule has 2 N–H and O–H groups in total. The molecule has 0 fully saturated rings. The smallest absolute Gasteiger partial charge is 0.327 e. The standard InChI is InChI=1S/C8H13N3O2/c1-2-3-13-8(12)6-11-5-7(9)4-10-11/h4-5H,2-3,6,9H2,1H3. The van der Waals surface area contributed by atoms with Crippen molar-refractivity contribution in [2.75, 3.05) is 12.3 Å². The van der Waals surface area contributed by atoms with Crippen LogP contribution in [0.3, 0.4) is 0 Å². The Morgan fingerprint density at radius 2 is 2.54 bits per heavy atom. The zero-order chi connectivity index (χ0) is 9.68. The number of hydrogen-bond donors (Lipinski definition) is 1. The van der Waals surface area contributed by atoms with Crippen molar-refractivity contribution in [2.24, 2.45) is 0 Å². The van der Waals surface area contributed by atoms with Gasteiger partial charge in [0.1, 0.15) is 6.54 Å². The first-order valence-corrected chi connectivity index (χ1v) is 4.16. The molecular formula is C8H13N3O2. The summed E-state index contributed by atoms with van der Waals surface area (Å²) in [4.78, 5) is 11.1. The molecule has 1 aromatic rings. The minimum absolute atomic E-state index is 0.122. The normalized spacial score (nSPS) is 9.92. The monoisotopic (exact) mass is 183 g/mol. The summed E-state index contributed by atoms with van der Waals surface area (Å²) >= 11 is 0. The fourth-order valence-electron chi connectivity index (χ4n) is 0.860. The van der Waals surface area contributed by atoms with Gasteiger partial charge in [-0.3, -0.25) is 9.48 Å². The first kappa shape index (κ1) is 9.57. The predicted molar refractivity (Wildman–Crippen MR) is 47.9 cm³/mol. The Morgan fingerprint density at radius 1 is 1.77 bits per heavy atom. The molecule has 0 bridgehead atoms. The third-order valence-electron chi connectivity index (χ3n) is 1.41. The molecule has 1 heterocycles. The van der Waals surface area contributed by atoms with E-state index in [-0.39, 0.29) is 12.5 Å². The van der Waals surface area contributed by atoms with Crippen LogP contribution in [0.15, 0.2) is 12.4 Å². The van der Waals surface area contributed by atoms with Gasteiger partial charge >= 0.3 is 5.97 Å². The summed E-state index contributed by atoms with van der Waals surface area (Å²) in [7, 11) is 0. The van der Waals surface area contributed by atoms with E-state index in [4.69, 9.17) is 10.5 Å². The minimum Gasteiger partial charge on any atom is -0.464 e. The zero-order valence-electron chi connectivity index (χ0n) is 7.56. The molecule has 5 nitrogen and oxygen atoms in total. The molecule has 0 aliphatic heterocycles. The van der Waals surface area contributed by atoms with Crippen LogP contribution in [0.5, 0.6) is 0 Å². The van der Waals surface area contributed by atoms with E-state index in [1.165, 1.54) is 10.9 Å². The average molecular weight is 183 g/mol. The number of rotatable bonds is 4. The summed E-state index contributed by atoms with van der Waals surface area (Å²) in [6.45, 7) is 2.52. The third-order valence-corrected chi connectivity index (χ3v) is 1.41. The third kappa shape index (κ3) is 3.14. The molecule has 0 unspecified atom stereocenters. The lowest BCUT2D eigenvalue weighted by Crippen LogP contribution is -2.14. The van der Waals surface area contributed by atoms with Gasteiger partial charge in [-0.2, -0.15) is 5.10 Å². The lowest BCUT2D eigenvalue weighted by Gasteiger charge is -2.02. The summed E-state index contributed by atoms with van der Waals surface area (Å²) < 4.78 is 6.32. The van der Waals surface area contributed by atoms with E-state index >= 15 is 0 Å². The number of esters is 1. The van der Waals surface area contributed by atoms with Gasteiger partial charge in [-0.1, -0.05) is 6.92 Å². The summed E-state index contributed by atoms with van der Waals surface area (Å²) in [5.41, 5.74) is 5.96. The van der Waals surface area contributed by atoms with Crippen molar-refractivity contribution < 1.29 is 9.53 Å². The molecule has 0 aromatic carbocycles. The molecule has 0 aliphatic carbocycles. The molecule has 1 aromatic heterocycles. The highest BCUT2D eigenvalue weighted by Crippen LogP contribution is 1.97. The van der Waals surface area contributed by atoms with Crippen LogP contribution in [0.2, 0.25) is 0 Å². The van der Waals surface area contributed by atoms with Gasteiger partial charge in [0.05, 0.1) is 18.5 Å². The number of carbonyl (C=O) groups excluding carboxylic acids is 1. The van der Waals surface area contributed by atoms with Gasteiger partial charge in [-0.05, 0) is 6.42 Å². The van der Waals surface area contributed by atoms with Gasteiger partial charge < -0.3 is 10.5 Å². The highest BCUT2D eigenvalue weighted by atomic mass is 16.5. The summed E-state index contributed by atoms with van der Waals surface area (Å²) in [6.07, 6.45) is 3.91. The Kier molecular flexibility index (Phi) is 3.31. The van der Waals surface area contributed by atoms with Crippen molar-refractivity contribution in [1.29, 1.82) is 0 Å². The van der Waals surface area contributed by atoms with Crippen LogP contribution in [-0.4, -0.2) is 22.4 Å². The quantitative estimate of drug-likeness (QED) is 0.687. The summed E-state index contributed by atoms with van der Waals surface area (Å²) in [5.74, 6) is -0.287. The molecule has 1 rings (SSSR count). The van der Waals surface area contributed by atoms with E-state index in [9.17, 15) is 4.79 Å². The van der Waals surface area contributed by atoms with Crippen molar-refractivity contribution in [3.8, 4) is 0 Å². The molecule has 0 atom stereocenters. The number of nitrogens with two attached hydrogens (primary N) is 1. The molecule has 0 saturated heterocycles. The SMILES string of the molecule is CCCOC(=O)Cn1cc(N)cn1. The van der Waals surface area contributed by atoms with Crippen LogP contribution in [0.1, 0.15) is 13.3 Å². The van der Waals surface area contributed by atoms with Crippen molar-refractivity contribution in [1.82, 2.24) is 9.78 Å². The van der Waals surface area contributed by atoms with Crippen LogP contribution in [0.4, 0.5) is 5.69 Å². The maximum Gasteiger partial charge on any atom is 0.327 e. The Labute approximate surface area is 76.5 Å². The largest absolute Gasteiger partial charge is 0.464 e. The second-order valence-electron chi connectivity index (χ2n) is 2.69. The minimum atomic E-state index is -0.287. The topological polar surface area (TPSA) is 70.1 Å². The van der Waals surface area contributed by atoms with Crippen LogP contribution in [0.25, 0.3) is 0 Å². The molecule has 0 saturated carbocycles. The van der Waals surface area contributed by atoms with Crippen molar-refractivity contribution in [3.63, 3.8) is 0 Å². The van der Waals surface area contributed by atoms with Crippen molar-refractivity contribution >= 4 is 11.7 Å². The van der Waals surface area contributed by atoms with Gasteiger partial charge in [-0.25, -0.2) is 0 Å². The van der Waals surface area contributed by atoms with E-state index in [0.29, 0.717) is 12.3 Å². The van der Waals surface area contributed by atoms with Gasteiger partial charge in [-0.15, -0.1) is 0 Å². The predicted octanol–water partition coefficient (Wildman–Crippen LogP) is 0.418. The van der Waals surface area contributed by atoms with E-state index in [1.54, 1.807) is 6.20 Å². The maximum absolute atomic E-state index is 11.1. The van der Waals surface area contributed by atoms with Crippen LogP contribution in [-0.2, 0) is 16.1 Å². The van der Waals surface area contributed by atoms with Gasteiger partial charge in [0.15, 0.2) is 0 Å². The fraction of sp³-hybridized carbons (Fsp3) is 0.500. The van der Waals surface area contributed by atoms with E-state index in [2.05, 4.69) is 5.10 Å². The van der Waals surface area contributed by atoms with E-state index in [0.717, 1.165) is 6.42 Å². The van der Waals surface area contributed by atoms with Crippen molar-refractivity contribution in [2.45, 2.75) is 19.9 Å². The van der Waals surface area contributed by atoms with E-state index in [1.807, 2.05) is 6.92 Å². The van der Waals surface area contributed by atoms with Crippen LogP contribution >= 0.6 is 0 Å². The highest BCUT2D eigenvalue weighted by Gasteiger charge is 2.03. The first-order valence-electron chi connectivity index (χ1n) is 4.16. The summed E-state index contributed by atoms with van der Waals surface area (Å²) in [5, 5.41) is 3.85. The number of anilines is 1. The number of aromatic nitrogens is 2.